The summed E-state index contributed by atoms with van der Waals surface area (Å²) < 4.78 is 0. The van der Waals surface area contributed by atoms with E-state index in [0.29, 0.717) is 13.0 Å². The number of benzene rings is 1. The van der Waals surface area contributed by atoms with E-state index in [1.165, 1.54) is 5.56 Å². The maximum Gasteiger partial charge on any atom is 0.224 e. The molecule has 0 saturated carbocycles. The number of carbonyl (C=O) groups excluding carboxylic acids is 1. The number of nitrogens with zero attached hydrogens (tertiary/aromatic N) is 1. The van der Waals surface area contributed by atoms with Crippen LogP contribution in [0.4, 0.5) is 5.69 Å². The molecule has 3 N–H and O–H groups in total. The van der Waals surface area contributed by atoms with Gasteiger partial charge in [0.05, 0.1) is 0 Å². The molecule has 4 nitrogen and oxygen atoms in total. The van der Waals surface area contributed by atoms with Gasteiger partial charge in [-0.25, -0.2) is 0 Å². The van der Waals surface area contributed by atoms with Crippen LogP contribution < -0.4 is 11.1 Å². The molecule has 0 atom stereocenters. The second-order valence-corrected chi connectivity index (χ2v) is 5.27. The Kier molecular flexibility index (Phi) is 8.71. The second-order valence-electron chi connectivity index (χ2n) is 5.27. The SMILES string of the molecule is CCN(CC)Cc1ccccc1NC(=O)CCCCCN. The molecule has 0 saturated heterocycles. The lowest BCUT2D eigenvalue weighted by Crippen LogP contribution is -2.23. The number of unbranched alkanes of at least 4 members (excludes halogenated alkanes) is 2. The van der Waals surface area contributed by atoms with Crippen molar-refractivity contribution in [3.05, 3.63) is 29.8 Å². The molecule has 0 unspecified atom stereocenters. The first-order valence-corrected chi connectivity index (χ1v) is 8.01. The predicted molar refractivity (Wildman–Crippen MR) is 89.2 cm³/mol. The van der Waals surface area contributed by atoms with Crippen molar-refractivity contribution in [3.63, 3.8) is 0 Å². The quantitative estimate of drug-likeness (QED) is 0.652. The van der Waals surface area contributed by atoms with Crippen molar-refractivity contribution in [1.29, 1.82) is 0 Å². The molecule has 4 heteroatoms. The van der Waals surface area contributed by atoms with Gasteiger partial charge in [0.1, 0.15) is 0 Å². The van der Waals surface area contributed by atoms with Crippen molar-refractivity contribution in [2.75, 3.05) is 25.0 Å². The standard InChI is InChI=1S/C17H29N3O/c1-3-20(4-2)14-15-10-7-8-11-16(15)19-17(21)12-6-5-9-13-18/h7-8,10-11H,3-6,9,12-14,18H2,1-2H3,(H,19,21). The Morgan fingerprint density at radius 1 is 1.14 bits per heavy atom. The summed E-state index contributed by atoms with van der Waals surface area (Å²) in [5.41, 5.74) is 7.57. The molecular weight excluding hydrogens is 262 g/mol. The highest BCUT2D eigenvalue weighted by Crippen LogP contribution is 2.17. The molecule has 1 amide bonds. The summed E-state index contributed by atoms with van der Waals surface area (Å²) in [6, 6.07) is 8.06. The van der Waals surface area contributed by atoms with Gasteiger partial charge < -0.3 is 11.1 Å². The molecular formula is C17H29N3O. The smallest absolute Gasteiger partial charge is 0.224 e. The number of anilines is 1. The topological polar surface area (TPSA) is 58.4 Å². The van der Waals surface area contributed by atoms with Crippen LogP contribution in [0.5, 0.6) is 0 Å². The van der Waals surface area contributed by atoms with Crippen LogP contribution in [0, 0.1) is 0 Å². The third-order valence-corrected chi connectivity index (χ3v) is 3.69. The monoisotopic (exact) mass is 291 g/mol. The van der Waals surface area contributed by atoms with Gasteiger partial charge >= 0.3 is 0 Å². The Labute approximate surface area is 128 Å². The maximum absolute atomic E-state index is 12.0. The van der Waals surface area contributed by atoms with Gasteiger partial charge in [0, 0.05) is 18.7 Å². The molecule has 1 aromatic rings. The van der Waals surface area contributed by atoms with Crippen molar-refractivity contribution in [2.24, 2.45) is 5.73 Å². The molecule has 21 heavy (non-hydrogen) atoms. The molecule has 0 aromatic heterocycles. The Morgan fingerprint density at radius 2 is 1.86 bits per heavy atom. The molecule has 0 aliphatic carbocycles. The van der Waals surface area contributed by atoms with E-state index in [9.17, 15) is 4.79 Å². The molecule has 1 rings (SSSR count). The van der Waals surface area contributed by atoms with E-state index in [-0.39, 0.29) is 5.91 Å². The first-order valence-electron chi connectivity index (χ1n) is 8.01. The van der Waals surface area contributed by atoms with Crippen molar-refractivity contribution >= 4 is 11.6 Å². The van der Waals surface area contributed by atoms with Crippen LogP contribution in [-0.4, -0.2) is 30.4 Å². The molecule has 0 radical (unpaired) electrons. The highest BCUT2D eigenvalue weighted by Gasteiger charge is 2.08. The van der Waals surface area contributed by atoms with E-state index in [1.54, 1.807) is 0 Å². The number of hydrogen-bond donors (Lipinski definition) is 2. The van der Waals surface area contributed by atoms with Gasteiger partial charge in [-0.2, -0.15) is 0 Å². The second kappa shape index (κ2) is 10.4. The third kappa shape index (κ3) is 6.74. The Hall–Kier alpha value is -1.39. The van der Waals surface area contributed by atoms with E-state index in [4.69, 9.17) is 5.73 Å². The minimum Gasteiger partial charge on any atom is -0.330 e. The maximum atomic E-state index is 12.0. The minimum absolute atomic E-state index is 0.0963. The first kappa shape index (κ1) is 17.7. The molecule has 1 aromatic carbocycles. The molecule has 0 bridgehead atoms. The fourth-order valence-corrected chi connectivity index (χ4v) is 2.29. The van der Waals surface area contributed by atoms with Gasteiger partial charge in [0.15, 0.2) is 0 Å². The van der Waals surface area contributed by atoms with Crippen LogP contribution in [0.25, 0.3) is 0 Å². The van der Waals surface area contributed by atoms with E-state index in [2.05, 4.69) is 30.1 Å². The van der Waals surface area contributed by atoms with Gasteiger partial charge in [-0.05, 0) is 44.1 Å². The van der Waals surface area contributed by atoms with Crippen LogP contribution in [0.3, 0.4) is 0 Å². The normalized spacial score (nSPS) is 10.9. The van der Waals surface area contributed by atoms with Gasteiger partial charge in [0.2, 0.25) is 5.91 Å². The van der Waals surface area contributed by atoms with Crippen LogP contribution in [-0.2, 0) is 11.3 Å². The molecule has 0 aliphatic rings. The number of para-hydroxylation sites is 1. The Balaban J connectivity index is 2.55. The van der Waals surface area contributed by atoms with Crippen molar-refractivity contribution < 1.29 is 4.79 Å². The lowest BCUT2D eigenvalue weighted by atomic mass is 10.1. The summed E-state index contributed by atoms with van der Waals surface area (Å²) in [5, 5.41) is 3.04. The number of hydrogen-bond acceptors (Lipinski definition) is 3. The van der Waals surface area contributed by atoms with Crippen molar-refractivity contribution in [2.45, 2.75) is 46.1 Å². The highest BCUT2D eigenvalue weighted by molar-refractivity contribution is 5.91. The summed E-state index contributed by atoms with van der Waals surface area (Å²) in [7, 11) is 0. The molecule has 118 valence electrons. The zero-order valence-corrected chi connectivity index (χ0v) is 13.4. The fourth-order valence-electron chi connectivity index (χ4n) is 2.29. The first-order chi connectivity index (χ1) is 10.2. The number of amides is 1. The third-order valence-electron chi connectivity index (χ3n) is 3.69. The Bertz CT molecular complexity index is 416. The van der Waals surface area contributed by atoms with Crippen LogP contribution in [0.2, 0.25) is 0 Å². The Morgan fingerprint density at radius 3 is 2.52 bits per heavy atom. The highest BCUT2D eigenvalue weighted by atomic mass is 16.1. The van der Waals surface area contributed by atoms with E-state index >= 15 is 0 Å². The number of nitrogens with two attached hydrogens (primary N) is 1. The average Bonchev–Trinajstić information content (AvgIpc) is 2.50. The summed E-state index contributed by atoms with van der Waals surface area (Å²) >= 11 is 0. The van der Waals surface area contributed by atoms with E-state index in [0.717, 1.165) is 44.6 Å². The van der Waals surface area contributed by atoms with Gasteiger partial charge in [-0.15, -0.1) is 0 Å². The van der Waals surface area contributed by atoms with E-state index < -0.39 is 0 Å². The summed E-state index contributed by atoms with van der Waals surface area (Å²) in [4.78, 5) is 14.3. The lowest BCUT2D eigenvalue weighted by Gasteiger charge is -2.20. The van der Waals surface area contributed by atoms with E-state index in [1.807, 2.05) is 18.2 Å². The molecule has 0 spiro atoms. The number of carbonyl (C=O) groups is 1. The predicted octanol–water partition coefficient (Wildman–Crippen LogP) is 2.99. The molecule has 0 aliphatic heterocycles. The van der Waals surface area contributed by atoms with Gasteiger partial charge in [0.25, 0.3) is 0 Å². The number of nitrogens with one attached hydrogen (secondary N) is 1. The van der Waals surface area contributed by atoms with Gasteiger partial charge in [-0.1, -0.05) is 38.5 Å². The summed E-state index contributed by atoms with van der Waals surface area (Å²) in [6.45, 7) is 7.91. The summed E-state index contributed by atoms with van der Waals surface area (Å²) in [5.74, 6) is 0.0963. The average molecular weight is 291 g/mol. The summed E-state index contributed by atoms with van der Waals surface area (Å²) in [6.07, 6.45) is 3.48. The zero-order chi connectivity index (χ0) is 15.5. The largest absolute Gasteiger partial charge is 0.330 e. The van der Waals surface area contributed by atoms with Crippen LogP contribution in [0.15, 0.2) is 24.3 Å². The lowest BCUT2D eigenvalue weighted by molar-refractivity contribution is -0.116. The van der Waals surface area contributed by atoms with Crippen molar-refractivity contribution in [1.82, 2.24) is 4.90 Å². The molecule has 0 fully saturated rings. The van der Waals surface area contributed by atoms with Crippen LogP contribution >= 0.6 is 0 Å². The van der Waals surface area contributed by atoms with Crippen molar-refractivity contribution in [3.8, 4) is 0 Å². The van der Waals surface area contributed by atoms with Crippen LogP contribution in [0.1, 0.15) is 45.1 Å². The minimum atomic E-state index is 0.0963. The fraction of sp³-hybridized carbons (Fsp3) is 0.588. The number of rotatable bonds is 10. The molecule has 0 heterocycles. The zero-order valence-electron chi connectivity index (χ0n) is 13.4. The van der Waals surface area contributed by atoms with Gasteiger partial charge in [-0.3, -0.25) is 9.69 Å².